The van der Waals surface area contributed by atoms with Gasteiger partial charge in [-0.05, 0) is 48.4 Å². The van der Waals surface area contributed by atoms with Crippen molar-refractivity contribution in [3.05, 3.63) is 59.7 Å². The third-order valence-corrected chi connectivity index (χ3v) is 7.19. The molecule has 6 heteroatoms. The second-order valence-electron chi connectivity index (χ2n) is 9.56. The normalized spacial score (nSPS) is 19.7. The van der Waals surface area contributed by atoms with E-state index >= 15 is 0 Å². The topological polar surface area (TPSA) is 78.9 Å². The molecule has 2 aliphatic rings. The number of nitrogens with one attached hydrogen (secondary N) is 1. The molecule has 2 aromatic carbocycles. The molecule has 4 rings (SSSR count). The lowest BCUT2D eigenvalue weighted by atomic mass is 9.85. The van der Waals surface area contributed by atoms with Crippen molar-refractivity contribution in [2.24, 2.45) is 5.92 Å². The minimum atomic E-state index is -0.910. The second kappa shape index (κ2) is 11.5. The van der Waals surface area contributed by atoms with Gasteiger partial charge < -0.3 is 14.7 Å². The molecular weight excluding hydrogens is 428 g/mol. The minimum Gasteiger partial charge on any atom is -0.489 e. The van der Waals surface area contributed by atoms with E-state index in [1.807, 2.05) is 36.4 Å². The lowest BCUT2D eigenvalue weighted by Crippen LogP contribution is -2.53. The highest BCUT2D eigenvalue weighted by atomic mass is 16.5. The highest BCUT2D eigenvalue weighted by molar-refractivity contribution is 5.99. The van der Waals surface area contributed by atoms with Crippen molar-refractivity contribution in [3.8, 4) is 5.75 Å². The van der Waals surface area contributed by atoms with E-state index in [4.69, 9.17) is 4.74 Å². The first kappa shape index (κ1) is 24.3. The van der Waals surface area contributed by atoms with Crippen LogP contribution in [0.2, 0.25) is 0 Å². The molecule has 1 amide bonds. The zero-order valence-electron chi connectivity index (χ0n) is 20.0. The van der Waals surface area contributed by atoms with Crippen molar-refractivity contribution < 1.29 is 19.4 Å². The van der Waals surface area contributed by atoms with E-state index in [9.17, 15) is 14.7 Å². The molecule has 1 saturated carbocycles. The van der Waals surface area contributed by atoms with Crippen LogP contribution in [0, 0.1) is 5.92 Å². The van der Waals surface area contributed by atoms with Crippen LogP contribution in [0.1, 0.15) is 63.0 Å². The highest BCUT2D eigenvalue weighted by Gasteiger charge is 2.34. The monoisotopic (exact) mass is 464 g/mol. The van der Waals surface area contributed by atoms with Gasteiger partial charge in [-0.15, -0.1) is 0 Å². The Balaban J connectivity index is 1.50. The van der Waals surface area contributed by atoms with Crippen LogP contribution in [-0.4, -0.2) is 35.7 Å². The van der Waals surface area contributed by atoms with Crippen molar-refractivity contribution >= 4 is 17.6 Å². The van der Waals surface area contributed by atoms with Crippen LogP contribution in [0.15, 0.2) is 48.5 Å². The molecule has 34 heavy (non-hydrogen) atoms. The maximum absolute atomic E-state index is 13.7. The van der Waals surface area contributed by atoms with Crippen molar-refractivity contribution in [1.29, 1.82) is 0 Å². The number of carbonyl (C=O) groups is 2. The van der Waals surface area contributed by atoms with Gasteiger partial charge in [0.05, 0.1) is 12.2 Å². The molecule has 2 N–H and O–H groups in total. The number of hydrogen-bond acceptors (Lipinski definition) is 4. The van der Waals surface area contributed by atoms with E-state index in [1.54, 1.807) is 4.90 Å². The number of benzene rings is 2. The molecule has 182 valence electrons. The molecule has 0 aromatic heterocycles. The highest BCUT2D eigenvalue weighted by Crippen LogP contribution is 2.33. The third kappa shape index (κ3) is 5.98. The molecule has 1 aliphatic carbocycles. The number of hydrogen-bond donors (Lipinski definition) is 2. The van der Waals surface area contributed by atoms with Crippen LogP contribution in [-0.2, 0) is 22.6 Å². The number of rotatable bonds is 9. The van der Waals surface area contributed by atoms with Crippen LogP contribution in [0.5, 0.6) is 5.75 Å². The Bertz CT molecular complexity index is 969. The second-order valence-corrected chi connectivity index (χ2v) is 9.56. The molecule has 0 spiro atoms. The number of fused-ring (bicyclic) bond motifs is 1. The van der Waals surface area contributed by atoms with Gasteiger partial charge in [0.2, 0.25) is 5.91 Å². The summed E-state index contributed by atoms with van der Waals surface area (Å²) in [6, 6.07) is 14.3. The predicted octanol–water partition coefficient (Wildman–Crippen LogP) is 4.95. The van der Waals surface area contributed by atoms with Gasteiger partial charge in [0.1, 0.15) is 24.4 Å². The number of anilines is 1. The minimum absolute atomic E-state index is 0.105. The molecule has 1 fully saturated rings. The fraction of sp³-hybridized carbons (Fsp3) is 0.500. The average molecular weight is 465 g/mol. The Labute approximate surface area is 202 Å². The molecule has 0 radical (unpaired) electrons. The number of para-hydroxylation sites is 2. The van der Waals surface area contributed by atoms with Crippen LogP contribution >= 0.6 is 0 Å². The number of aryl methyl sites for hydroxylation is 1. The molecule has 0 bridgehead atoms. The first-order valence-electron chi connectivity index (χ1n) is 12.6. The Morgan fingerprint density at radius 2 is 1.79 bits per heavy atom. The molecular formula is C28H36N2O4. The summed E-state index contributed by atoms with van der Waals surface area (Å²) in [6.45, 7) is 2.62. The lowest BCUT2D eigenvalue weighted by molar-refractivity contribution is -0.140. The van der Waals surface area contributed by atoms with E-state index in [1.165, 1.54) is 37.7 Å². The number of carboxylic acids is 1. The Kier molecular flexibility index (Phi) is 8.22. The molecule has 0 saturated heterocycles. The summed E-state index contributed by atoms with van der Waals surface area (Å²) in [5.74, 6) is 0.158. The zero-order chi connectivity index (χ0) is 23.9. The summed E-state index contributed by atoms with van der Waals surface area (Å²) in [5, 5.41) is 13.0. The fourth-order valence-corrected chi connectivity index (χ4v) is 5.10. The summed E-state index contributed by atoms with van der Waals surface area (Å²) < 4.78 is 5.99. The van der Waals surface area contributed by atoms with Crippen LogP contribution in [0.4, 0.5) is 5.69 Å². The largest absolute Gasteiger partial charge is 0.489 e. The van der Waals surface area contributed by atoms with E-state index in [0.717, 1.165) is 18.4 Å². The maximum atomic E-state index is 13.7. The van der Waals surface area contributed by atoms with Crippen molar-refractivity contribution in [2.75, 3.05) is 11.5 Å². The summed E-state index contributed by atoms with van der Waals surface area (Å²) in [4.78, 5) is 27.5. The van der Waals surface area contributed by atoms with Gasteiger partial charge in [-0.1, -0.05) is 75.4 Å². The summed E-state index contributed by atoms with van der Waals surface area (Å²) >= 11 is 0. The van der Waals surface area contributed by atoms with Gasteiger partial charge >= 0.3 is 5.97 Å². The van der Waals surface area contributed by atoms with Crippen molar-refractivity contribution in [3.63, 3.8) is 0 Å². The summed E-state index contributed by atoms with van der Waals surface area (Å²) in [6.07, 6.45) is 8.46. The quantitative estimate of drug-likeness (QED) is 0.549. The summed E-state index contributed by atoms with van der Waals surface area (Å²) in [5.41, 5.74) is 2.98. The fourth-order valence-electron chi connectivity index (χ4n) is 5.10. The number of amides is 1. The Hall–Kier alpha value is -2.86. The number of carbonyl (C=O) groups excluding carboxylic acids is 1. The van der Waals surface area contributed by atoms with Crippen LogP contribution in [0.25, 0.3) is 0 Å². The van der Waals surface area contributed by atoms with E-state index < -0.39 is 18.1 Å². The van der Waals surface area contributed by atoms with Crippen LogP contribution < -0.4 is 15.0 Å². The van der Waals surface area contributed by atoms with Gasteiger partial charge in [-0.3, -0.25) is 14.9 Å². The van der Waals surface area contributed by atoms with Gasteiger partial charge in [-0.25, -0.2) is 0 Å². The van der Waals surface area contributed by atoms with Gasteiger partial charge in [0.25, 0.3) is 0 Å². The average Bonchev–Trinajstić information content (AvgIpc) is 2.99. The number of carboxylic acid groups (broad SMARTS) is 1. The standard InChI is InChI=1S/C28H36N2O4/c1-2-20-12-14-22(15-13-20)18-30-25-10-6-7-11-26(25)34-19-24(27(30)31)29-23(28(32)33)17-16-21-8-4-3-5-9-21/h6-7,10-15,21,23-24,29H,2-5,8-9,16-19H2,1H3,(H,32,33)/t23-,24?/m0/s1. The molecule has 2 aromatic rings. The smallest absolute Gasteiger partial charge is 0.320 e. The lowest BCUT2D eigenvalue weighted by Gasteiger charge is -2.28. The van der Waals surface area contributed by atoms with Gasteiger partial charge in [-0.2, -0.15) is 0 Å². The third-order valence-electron chi connectivity index (χ3n) is 7.19. The first-order valence-corrected chi connectivity index (χ1v) is 12.6. The maximum Gasteiger partial charge on any atom is 0.320 e. The van der Waals surface area contributed by atoms with E-state index in [2.05, 4.69) is 24.4 Å². The van der Waals surface area contributed by atoms with E-state index in [-0.39, 0.29) is 12.5 Å². The molecule has 1 unspecified atom stereocenters. The number of ether oxygens (including phenoxy) is 1. The molecule has 6 nitrogen and oxygen atoms in total. The van der Waals surface area contributed by atoms with E-state index in [0.29, 0.717) is 30.3 Å². The Morgan fingerprint density at radius 1 is 1.09 bits per heavy atom. The SMILES string of the molecule is CCc1ccc(CN2C(=O)C(N[C@@H](CCC3CCCCC3)C(=O)O)COc3ccccc32)cc1. The van der Waals surface area contributed by atoms with Crippen molar-refractivity contribution in [1.82, 2.24) is 5.32 Å². The molecule has 2 atom stereocenters. The molecule has 1 aliphatic heterocycles. The predicted molar refractivity (Wildman–Crippen MR) is 133 cm³/mol. The zero-order valence-corrected chi connectivity index (χ0v) is 20.0. The first-order chi connectivity index (χ1) is 16.5. The number of nitrogens with zero attached hydrogens (tertiary/aromatic N) is 1. The summed E-state index contributed by atoms with van der Waals surface area (Å²) in [7, 11) is 0. The van der Waals surface area contributed by atoms with Crippen LogP contribution in [0.3, 0.4) is 0 Å². The molecule has 1 heterocycles. The Morgan fingerprint density at radius 3 is 2.50 bits per heavy atom. The van der Waals surface area contributed by atoms with Gasteiger partial charge in [0.15, 0.2) is 0 Å². The number of aliphatic carboxylic acids is 1. The van der Waals surface area contributed by atoms with Gasteiger partial charge in [0, 0.05) is 0 Å². The van der Waals surface area contributed by atoms with Crippen molar-refractivity contribution in [2.45, 2.75) is 76.9 Å².